The van der Waals surface area contributed by atoms with Crippen LogP contribution in [0.2, 0.25) is 0 Å². The van der Waals surface area contributed by atoms with Gasteiger partial charge in [0.2, 0.25) is 0 Å². The molecule has 0 spiro atoms. The van der Waals surface area contributed by atoms with Crippen LogP contribution in [0.15, 0.2) is 57.9 Å². The van der Waals surface area contributed by atoms with Crippen LogP contribution in [0.3, 0.4) is 0 Å². The van der Waals surface area contributed by atoms with E-state index < -0.39 is 16.1 Å². The monoisotopic (exact) mass is 475 g/mol. The summed E-state index contributed by atoms with van der Waals surface area (Å²) in [5.74, 6) is -0.778. The number of benzene rings is 2. The Morgan fingerprint density at radius 3 is 2.52 bits per heavy atom. The average Bonchev–Trinajstić information content (AvgIpc) is 2.96. The molecular weight excluding hydrogens is 462 g/mol. The second-order valence-corrected chi connectivity index (χ2v) is 7.77. The molecule has 1 fully saturated rings. The summed E-state index contributed by atoms with van der Waals surface area (Å²) in [6, 6.07) is 12.6. The largest absolute Gasteiger partial charge is 0.350 e. The van der Waals surface area contributed by atoms with Crippen molar-refractivity contribution in [1.29, 1.82) is 0 Å². The summed E-state index contributed by atoms with van der Waals surface area (Å²) >= 11 is 4.09. The number of hydrogen-bond acceptors (Lipinski definition) is 6. The van der Waals surface area contributed by atoms with Gasteiger partial charge in [0, 0.05) is 29.7 Å². The van der Waals surface area contributed by atoms with E-state index in [0.717, 1.165) is 16.7 Å². The number of nitrogens with one attached hydrogen (secondary N) is 1. The smallest absolute Gasteiger partial charge is 0.293 e. The lowest BCUT2D eigenvalue weighted by Gasteiger charge is -2.13. The Labute approximate surface area is 178 Å². The molecule has 3 amide bonds. The van der Waals surface area contributed by atoms with Crippen molar-refractivity contribution in [2.75, 3.05) is 13.1 Å². The maximum absolute atomic E-state index is 12.5. The third-order valence-electron chi connectivity index (χ3n) is 4.01. The summed E-state index contributed by atoms with van der Waals surface area (Å²) in [4.78, 5) is 48.3. The number of imide groups is 1. The predicted octanol–water partition coefficient (Wildman–Crippen LogP) is 3.82. The molecule has 0 saturated carbocycles. The van der Waals surface area contributed by atoms with Gasteiger partial charge in [0.1, 0.15) is 0 Å². The first-order chi connectivity index (χ1) is 13.9. The summed E-state index contributed by atoms with van der Waals surface area (Å²) in [5.41, 5.74) is 0.971. The van der Waals surface area contributed by atoms with Crippen LogP contribution in [0.1, 0.15) is 15.9 Å². The third kappa shape index (κ3) is 4.90. The summed E-state index contributed by atoms with van der Waals surface area (Å²) < 4.78 is 0.648. The molecule has 3 rings (SSSR count). The summed E-state index contributed by atoms with van der Waals surface area (Å²) in [5, 5.41) is 12.9. The van der Waals surface area contributed by atoms with Crippen molar-refractivity contribution in [3.05, 3.63) is 79.2 Å². The zero-order chi connectivity index (χ0) is 21.0. The molecule has 0 aromatic heterocycles. The normalized spacial score (nSPS) is 15.1. The Morgan fingerprint density at radius 2 is 1.86 bits per heavy atom. The van der Waals surface area contributed by atoms with Crippen LogP contribution in [0.25, 0.3) is 6.08 Å². The molecule has 148 valence electrons. The molecule has 0 bridgehead atoms. The number of non-ortho nitro benzene ring substituents is 1. The fourth-order valence-electron chi connectivity index (χ4n) is 2.56. The van der Waals surface area contributed by atoms with Gasteiger partial charge in [0.25, 0.3) is 22.7 Å². The molecule has 0 aliphatic carbocycles. The lowest BCUT2D eigenvalue weighted by Crippen LogP contribution is -2.37. The van der Waals surface area contributed by atoms with Crippen LogP contribution in [0.4, 0.5) is 10.5 Å². The fraction of sp³-hybridized carbons (Fsp3) is 0.105. The number of nitro benzene ring substituents is 1. The van der Waals surface area contributed by atoms with E-state index in [1.165, 1.54) is 30.3 Å². The molecule has 0 atom stereocenters. The van der Waals surface area contributed by atoms with Crippen molar-refractivity contribution in [2.24, 2.45) is 0 Å². The number of hydrogen-bond donors (Lipinski definition) is 1. The lowest BCUT2D eigenvalue weighted by molar-refractivity contribution is -0.384. The molecule has 1 saturated heterocycles. The van der Waals surface area contributed by atoms with Gasteiger partial charge in [-0.25, -0.2) is 0 Å². The van der Waals surface area contributed by atoms with Gasteiger partial charge in [0.05, 0.1) is 15.4 Å². The number of carbonyl (C=O) groups is 3. The number of nitrogens with zero attached hydrogens (tertiary/aromatic N) is 2. The van der Waals surface area contributed by atoms with Crippen molar-refractivity contribution in [3.8, 4) is 0 Å². The van der Waals surface area contributed by atoms with Crippen LogP contribution in [0.5, 0.6) is 0 Å². The first-order valence-corrected chi connectivity index (χ1v) is 10.0. The van der Waals surface area contributed by atoms with Crippen LogP contribution < -0.4 is 5.32 Å². The molecule has 0 radical (unpaired) electrons. The molecular formula is C19H14BrN3O5S. The van der Waals surface area contributed by atoms with Gasteiger partial charge in [-0.15, -0.1) is 0 Å². The molecule has 1 aliphatic rings. The quantitative estimate of drug-likeness (QED) is 0.386. The maximum Gasteiger partial charge on any atom is 0.293 e. The molecule has 1 heterocycles. The standard InChI is InChI=1S/C19H14BrN3O5S/c20-15-4-2-1-3-14(15)17(24)21-9-10-22-18(25)16(29-19(22)26)11-12-5-7-13(8-6-12)23(27)28/h1-8,11H,9-10H2,(H,21,24). The molecule has 2 aromatic rings. The highest BCUT2D eigenvalue weighted by molar-refractivity contribution is 9.10. The second kappa shape index (κ2) is 9.01. The highest BCUT2D eigenvalue weighted by atomic mass is 79.9. The Kier molecular flexibility index (Phi) is 6.45. The maximum atomic E-state index is 12.5. The zero-order valence-corrected chi connectivity index (χ0v) is 17.2. The molecule has 1 aliphatic heterocycles. The lowest BCUT2D eigenvalue weighted by atomic mass is 10.2. The van der Waals surface area contributed by atoms with E-state index in [4.69, 9.17) is 0 Å². The number of rotatable bonds is 6. The van der Waals surface area contributed by atoms with Crippen LogP contribution in [-0.2, 0) is 4.79 Å². The van der Waals surface area contributed by atoms with Crippen molar-refractivity contribution >= 4 is 56.5 Å². The van der Waals surface area contributed by atoms with Gasteiger partial charge in [-0.05, 0) is 63.6 Å². The van der Waals surface area contributed by atoms with Crippen LogP contribution >= 0.6 is 27.7 Å². The minimum Gasteiger partial charge on any atom is -0.350 e. The van der Waals surface area contributed by atoms with Gasteiger partial charge in [-0.2, -0.15) is 0 Å². The van der Waals surface area contributed by atoms with Gasteiger partial charge in [0.15, 0.2) is 0 Å². The first-order valence-electron chi connectivity index (χ1n) is 8.39. The number of halogens is 1. The van der Waals surface area contributed by atoms with E-state index in [0.29, 0.717) is 15.6 Å². The fourth-order valence-corrected chi connectivity index (χ4v) is 3.89. The Hall–Kier alpha value is -2.98. The first kappa shape index (κ1) is 20.7. The van der Waals surface area contributed by atoms with Gasteiger partial charge >= 0.3 is 0 Å². The average molecular weight is 476 g/mol. The topological polar surface area (TPSA) is 110 Å². The van der Waals surface area contributed by atoms with Crippen molar-refractivity contribution < 1.29 is 19.3 Å². The van der Waals surface area contributed by atoms with Gasteiger partial charge in [-0.1, -0.05) is 12.1 Å². The van der Waals surface area contributed by atoms with Crippen molar-refractivity contribution in [2.45, 2.75) is 0 Å². The van der Waals surface area contributed by atoms with E-state index in [9.17, 15) is 24.5 Å². The summed E-state index contributed by atoms with van der Waals surface area (Å²) in [6.45, 7) is 0.154. The van der Waals surface area contributed by atoms with Gasteiger partial charge < -0.3 is 5.32 Å². The number of thioether (sulfide) groups is 1. The molecule has 8 nitrogen and oxygen atoms in total. The van der Waals surface area contributed by atoms with E-state index in [2.05, 4.69) is 21.2 Å². The summed E-state index contributed by atoms with van der Waals surface area (Å²) in [7, 11) is 0. The number of amides is 3. The Morgan fingerprint density at radius 1 is 1.17 bits per heavy atom. The zero-order valence-electron chi connectivity index (χ0n) is 14.8. The van der Waals surface area contributed by atoms with Gasteiger partial charge in [-0.3, -0.25) is 29.4 Å². The molecule has 0 unspecified atom stereocenters. The molecule has 1 N–H and O–H groups in total. The highest BCUT2D eigenvalue weighted by Crippen LogP contribution is 2.32. The van der Waals surface area contributed by atoms with Crippen LogP contribution in [-0.4, -0.2) is 40.0 Å². The second-order valence-electron chi connectivity index (χ2n) is 5.92. The number of carbonyl (C=O) groups excluding carboxylic acids is 3. The van der Waals surface area contributed by atoms with Crippen molar-refractivity contribution in [1.82, 2.24) is 10.2 Å². The van der Waals surface area contributed by atoms with Crippen LogP contribution in [0, 0.1) is 10.1 Å². The highest BCUT2D eigenvalue weighted by Gasteiger charge is 2.34. The van der Waals surface area contributed by atoms with E-state index in [-0.39, 0.29) is 29.6 Å². The third-order valence-corrected chi connectivity index (χ3v) is 5.61. The molecule has 29 heavy (non-hydrogen) atoms. The van der Waals surface area contributed by atoms with E-state index in [1.54, 1.807) is 24.3 Å². The molecule has 2 aromatic carbocycles. The summed E-state index contributed by atoms with van der Waals surface area (Å²) in [6.07, 6.45) is 1.51. The van der Waals surface area contributed by atoms with E-state index >= 15 is 0 Å². The minimum absolute atomic E-state index is 0.0401. The predicted molar refractivity (Wildman–Crippen MR) is 112 cm³/mol. The van der Waals surface area contributed by atoms with E-state index in [1.807, 2.05) is 0 Å². The SMILES string of the molecule is O=C(NCCN1C(=O)SC(=Cc2ccc([N+](=O)[O-])cc2)C1=O)c1ccccc1Br. The number of nitro groups is 1. The Balaban J connectivity index is 1.61. The molecule has 10 heteroatoms. The Bertz CT molecular complexity index is 1020. The van der Waals surface area contributed by atoms with Crippen molar-refractivity contribution in [3.63, 3.8) is 0 Å². The minimum atomic E-state index is -0.514.